The molecule has 0 bridgehead atoms. The number of aliphatic hydroxyl groups excluding tert-OH is 2. The number of hydrogen-bond acceptors (Lipinski definition) is 9. The molecular formula is C30H34N6O5. The molecule has 0 spiro atoms. The van der Waals surface area contributed by atoms with Crippen molar-refractivity contribution in [3.8, 4) is 28.1 Å². The number of amides is 1. The van der Waals surface area contributed by atoms with E-state index in [1.54, 1.807) is 31.3 Å². The van der Waals surface area contributed by atoms with Gasteiger partial charge in [0.15, 0.2) is 11.4 Å². The summed E-state index contributed by atoms with van der Waals surface area (Å²) >= 11 is 0. The average molecular weight is 559 g/mol. The number of ketones is 1. The number of piperidine rings is 1. The van der Waals surface area contributed by atoms with Crippen LogP contribution in [0.1, 0.15) is 67.3 Å². The number of aliphatic hydroxyl groups is 2. The van der Waals surface area contributed by atoms with Gasteiger partial charge >= 0.3 is 0 Å². The van der Waals surface area contributed by atoms with Crippen LogP contribution >= 0.6 is 0 Å². The number of benzene rings is 1. The van der Waals surface area contributed by atoms with Crippen LogP contribution in [0, 0.1) is 0 Å². The molecule has 41 heavy (non-hydrogen) atoms. The Morgan fingerprint density at radius 1 is 1.07 bits per heavy atom. The number of rotatable bonds is 7. The highest BCUT2D eigenvalue weighted by atomic mass is 16.5. The fourth-order valence-electron chi connectivity index (χ4n) is 5.47. The number of nitrogens with two attached hydrogens (primary N) is 1. The SMILES string of the molecule is COc1ccc(-c2ccc(-c3cnn4c(N)c(C(C)=O)c(C5CCN(C(=O)[C@@H](C)O)CC5)nc34)cn2)cc1C(C)O. The van der Waals surface area contributed by atoms with Crippen LogP contribution in [0.5, 0.6) is 5.75 Å². The number of carbonyl (C=O) groups is 2. The van der Waals surface area contributed by atoms with Gasteiger partial charge in [-0.25, -0.2) is 4.98 Å². The molecule has 4 heterocycles. The third kappa shape index (κ3) is 5.25. The third-order valence-electron chi connectivity index (χ3n) is 7.66. The van der Waals surface area contributed by atoms with Crippen molar-refractivity contribution in [3.05, 3.63) is 59.5 Å². The fourth-order valence-corrected chi connectivity index (χ4v) is 5.47. The molecule has 1 aliphatic rings. The lowest BCUT2D eigenvalue weighted by Crippen LogP contribution is -2.42. The van der Waals surface area contributed by atoms with Gasteiger partial charge in [-0.05, 0) is 57.9 Å². The first-order valence-corrected chi connectivity index (χ1v) is 13.6. The zero-order valence-electron chi connectivity index (χ0n) is 23.5. The zero-order valence-corrected chi connectivity index (χ0v) is 23.5. The van der Waals surface area contributed by atoms with E-state index in [0.717, 1.165) is 16.8 Å². The minimum absolute atomic E-state index is 0.0827. The number of likely N-dealkylation sites (tertiary alicyclic amines) is 1. The number of aromatic nitrogens is 4. The summed E-state index contributed by atoms with van der Waals surface area (Å²) in [4.78, 5) is 36.2. The fraction of sp³-hybridized carbons (Fsp3) is 0.367. The molecule has 1 unspecified atom stereocenters. The van der Waals surface area contributed by atoms with Gasteiger partial charge in [-0.2, -0.15) is 9.61 Å². The molecule has 1 fully saturated rings. The highest BCUT2D eigenvalue weighted by Crippen LogP contribution is 2.35. The van der Waals surface area contributed by atoms with Crippen molar-refractivity contribution in [1.29, 1.82) is 0 Å². The highest BCUT2D eigenvalue weighted by molar-refractivity contribution is 6.00. The van der Waals surface area contributed by atoms with Crippen molar-refractivity contribution in [2.75, 3.05) is 25.9 Å². The van der Waals surface area contributed by atoms with Gasteiger partial charge in [-0.1, -0.05) is 6.07 Å². The Bertz CT molecular complexity index is 1600. The summed E-state index contributed by atoms with van der Waals surface area (Å²) in [6.07, 6.45) is 2.83. The van der Waals surface area contributed by atoms with Crippen LogP contribution in [-0.2, 0) is 4.79 Å². The predicted octanol–water partition coefficient (Wildman–Crippen LogP) is 3.39. The molecule has 11 nitrogen and oxygen atoms in total. The highest BCUT2D eigenvalue weighted by Gasteiger charge is 2.31. The smallest absolute Gasteiger partial charge is 0.251 e. The molecule has 1 amide bonds. The number of pyridine rings is 1. The van der Waals surface area contributed by atoms with E-state index in [1.807, 2.05) is 30.3 Å². The van der Waals surface area contributed by atoms with Crippen molar-refractivity contribution >= 4 is 23.2 Å². The van der Waals surface area contributed by atoms with E-state index in [-0.39, 0.29) is 23.4 Å². The summed E-state index contributed by atoms with van der Waals surface area (Å²) < 4.78 is 6.84. The number of ether oxygens (including phenoxy) is 1. The third-order valence-corrected chi connectivity index (χ3v) is 7.66. The van der Waals surface area contributed by atoms with E-state index < -0.39 is 12.2 Å². The van der Waals surface area contributed by atoms with Crippen molar-refractivity contribution < 1.29 is 24.5 Å². The van der Waals surface area contributed by atoms with Crippen LogP contribution in [0.3, 0.4) is 0 Å². The molecule has 1 aliphatic heterocycles. The number of nitrogen functional groups attached to an aromatic ring is 1. The van der Waals surface area contributed by atoms with Gasteiger partial charge < -0.3 is 25.6 Å². The quantitative estimate of drug-likeness (QED) is 0.289. The predicted molar refractivity (Wildman–Crippen MR) is 153 cm³/mol. The Kier molecular flexibility index (Phi) is 7.74. The Labute approximate surface area is 237 Å². The van der Waals surface area contributed by atoms with Crippen LogP contribution in [0.2, 0.25) is 0 Å². The van der Waals surface area contributed by atoms with Gasteiger partial charge in [-0.3, -0.25) is 14.6 Å². The summed E-state index contributed by atoms with van der Waals surface area (Å²) in [6, 6.07) is 9.36. The van der Waals surface area contributed by atoms with Crippen LogP contribution < -0.4 is 10.5 Å². The molecule has 4 aromatic rings. The second kappa shape index (κ2) is 11.3. The van der Waals surface area contributed by atoms with Gasteiger partial charge in [0.1, 0.15) is 17.7 Å². The number of Topliss-reactive ketones (excluding diaryl/α,β-unsaturated/α-hetero) is 1. The summed E-state index contributed by atoms with van der Waals surface area (Å²) in [5.74, 6) is 0.245. The summed E-state index contributed by atoms with van der Waals surface area (Å²) in [5.41, 5.74) is 11.7. The second-order valence-electron chi connectivity index (χ2n) is 10.4. The van der Waals surface area contributed by atoms with E-state index in [1.165, 1.54) is 18.4 Å². The van der Waals surface area contributed by atoms with E-state index in [2.05, 4.69) is 10.1 Å². The largest absolute Gasteiger partial charge is 0.496 e. The summed E-state index contributed by atoms with van der Waals surface area (Å²) in [7, 11) is 1.57. The van der Waals surface area contributed by atoms with Gasteiger partial charge in [0, 0.05) is 47.5 Å². The van der Waals surface area contributed by atoms with E-state index in [9.17, 15) is 19.8 Å². The molecule has 0 aliphatic carbocycles. The minimum atomic E-state index is -1.05. The number of carbonyl (C=O) groups excluding carboxylic acids is 2. The molecular weight excluding hydrogens is 524 g/mol. The Hall–Kier alpha value is -4.35. The van der Waals surface area contributed by atoms with Gasteiger partial charge in [0.25, 0.3) is 5.91 Å². The number of methoxy groups -OCH3 is 1. The molecule has 0 radical (unpaired) electrons. The number of anilines is 1. The topological polar surface area (TPSA) is 156 Å². The maximum Gasteiger partial charge on any atom is 0.251 e. The Morgan fingerprint density at radius 3 is 2.37 bits per heavy atom. The van der Waals surface area contributed by atoms with E-state index in [0.29, 0.717) is 59.7 Å². The van der Waals surface area contributed by atoms with Crippen LogP contribution in [-0.4, -0.2) is 72.7 Å². The lowest BCUT2D eigenvalue weighted by atomic mass is 9.89. The first-order chi connectivity index (χ1) is 19.6. The zero-order chi connectivity index (χ0) is 29.4. The lowest BCUT2D eigenvalue weighted by Gasteiger charge is -2.33. The molecule has 3 aromatic heterocycles. The lowest BCUT2D eigenvalue weighted by molar-refractivity contribution is -0.140. The summed E-state index contributed by atoms with van der Waals surface area (Å²) in [6.45, 7) is 5.53. The van der Waals surface area contributed by atoms with Crippen LogP contribution in [0.25, 0.3) is 28.0 Å². The molecule has 11 heteroatoms. The number of nitrogens with zero attached hydrogens (tertiary/aromatic N) is 5. The number of fused-ring (bicyclic) bond motifs is 1. The second-order valence-corrected chi connectivity index (χ2v) is 10.4. The van der Waals surface area contributed by atoms with Gasteiger partial charge in [0.2, 0.25) is 0 Å². The Balaban J connectivity index is 1.50. The molecule has 1 saturated heterocycles. The first kappa shape index (κ1) is 28.2. The monoisotopic (exact) mass is 558 g/mol. The van der Waals surface area contributed by atoms with Crippen molar-refractivity contribution in [3.63, 3.8) is 0 Å². The molecule has 5 rings (SSSR count). The van der Waals surface area contributed by atoms with Crippen LogP contribution in [0.15, 0.2) is 42.7 Å². The van der Waals surface area contributed by atoms with Gasteiger partial charge in [-0.15, -0.1) is 0 Å². The first-order valence-electron chi connectivity index (χ1n) is 13.6. The van der Waals surface area contributed by atoms with Gasteiger partial charge in [0.05, 0.1) is 36.4 Å². The minimum Gasteiger partial charge on any atom is -0.496 e. The Morgan fingerprint density at radius 2 is 1.78 bits per heavy atom. The molecule has 2 atom stereocenters. The van der Waals surface area contributed by atoms with E-state index >= 15 is 0 Å². The molecule has 1 aromatic carbocycles. The maximum atomic E-state index is 12.7. The molecule has 0 saturated carbocycles. The normalized spacial score (nSPS) is 15.6. The number of hydrogen-bond donors (Lipinski definition) is 3. The van der Waals surface area contributed by atoms with Crippen LogP contribution in [0.4, 0.5) is 5.82 Å². The van der Waals surface area contributed by atoms with Crippen molar-refractivity contribution in [1.82, 2.24) is 24.5 Å². The molecule has 4 N–H and O–H groups in total. The standard InChI is InChI=1S/C30H34N6O5/c1-16(37)22-13-20(6-8-25(22)41-4)24-7-5-21(14-32-24)23-15-33-36-28(31)26(17(2)38)27(34-29(23)36)19-9-11-35(12-10-19)30(40)18(3)39/h5-8,13-16,18-19,37,39H,9-12,31H2,1-4H3/t16?,18-/m1/s1. The summed E-state index contributed by atoms with van der Waals surface area (Å²) in [5, 5.41) is 24.3. The van der Waals surface area contributed by atoms with Crippen molar-refractivity contribution in [2.45, 2.75) is 51.7 Å². The van der Waals surface area contributed by atoms with Crippen molar-refractivity contribution in [2.24, 2.45) is 0 Å². The van der Waals surface area contributed by atoms with E-state index in [4.69, 9.17) is 15.5 Å². The molecule has 214 valence electrons. The average Bonchev–Trinajstić information content (AvgIpc) is 3.40. The maximum absolute atomic E-state index is 12.7.